The van der Waals surface area contributed by atoms with Gasteiger partial charge in [0.25, 0.3) is 0 Å². The van der Waals surface area contributed by atoms with E-state index in [-0.39, 0.29) is 0 Å². The van der Waals surface area contributed by atoms with Crippen LogP contribution < -0.4 is 4.74 Å². The van der Waals surface area contributed by atoms with Gasteiger partial charge in [-0.1, -0.05) is 23.4 Å². The molecule has 2 aromatic carbocycles. The Kier molecular flexibility index (Phi) is 4.65. The van der Waals surface area contributed by atoms with Gasteiger partial charge >= 0.3 is 0 Å². The molecule has 3 heterocycles. The summed E-state index contributed by atoms with van der Waals surface area (Å²) in [5.41, 5.74) is 4.21. The molecule has 30 heavy (non-hydrogen) atoms. The van der Waals surface area contributed by atoms with Crippen LogP contribution in [-0.2, 0) is 6.42 Å². The summed E-state index contributed by atoms with van der Waals surface area (Å²) in [6.45, 7) is 2.59. The number of fused-ring (bicyclic) bond motifs is 1. The zero-order valence-electron chi connectivity index (χ0n) is 16.4. The Balaban J connectivity index is 1.42. The minimum absolute atomic E-state index is 0.567. The van der Waals surface area contributed by atoms with Gasteiger partial charge in [-0.05, 0) is 48.9 Å². The van der Waals surface area contributed by atoms with Gasteiger partial charge in [0, 0.05) is 12.6 Å². The van der Waals surface area contributed by atoms with Crippen LogP contribution in [0.15, 0.2) is 73.2 Å². The summed E-state index contributed by atoms with van der Waals surface area (Å²) in [4.78, 5) is 9.15. The third-order valence-electron chi connectivity index (χ3n) is 4.65. The highest BCUT2D eigenvalue weighted by Gasteiger charge is 2.11. The topological polar surface area (TPSA) is 83.5 Å². The molecule has 0 aliphatic rings. The van der Waals surface area contributed by atoms with Crippen LogP contribution in [0.25, 0.3) is 22.5 Å². The van der Waals surface area contributed by atoms with Crippen LogP contribution in [0.3, 0.4) is 0 Å². The van der Waals surface area contributed by atoms with E-state index >= 15 is 0 Å². The second-order valence-electron chi connectivity index (χ2n) is 6.73. The summed E-state index contributed by atoms with van der Waals surface area (Å²) in [6, 6.07) is 17.7. The molecule has 148 valence electrons. The fraction of sp³-hybridized carbons (Fsp3) is 0.136. The molecule has 0 N–H and O–H groups in total. The van der Waals surface area contributed by atoms with E-state index in [1.54, 1.807) is 10.9 Å². The first-order valence-electron chi connectivity index (χ1n) is 9.69. The Labute approximate surface area is 172 Å². The quantitative estimate of drug-likeness (QED) is 0.437. The Morgan fingerprint density at radius 2 is 1.77 bits per heavy atom. The molecule has 0 bridgehead atoms. The van der Waals surface area contributed by atoms with Gasteiger partial charge in [0.2, 0.25) is 0 Å². The van der Waals surface area contributed by atoms with E-state index < -0.39 is 0 Å². The third-order valence-corrected chi connectivity index (χ3v) is 4.65. The molecular weight excluding hydrogens is 378 g/mol. The molecule has 8 heteroatoms. The minimum atomic E-state index is 0.567. The molecule has 0 atom stereocenters. The van der Waals surface area contributed by atoms with Crippen LogP contribution in [-0.4, -0.2) is 41.3 Å². The lowest BCUT2D eigenvalue weighted by molar-refractivity contribution is 0.340. The van der Waals surface area contributed by atoms with E-state index in [0.29, 0.717) is 30.0 Å². The highest BCUT2D eigenvalue weighted by atomic mass is 16.5. The predicted molar refractivity (Wildman–Crippen MR) is 112 cm³/mol. The van der Waals surface area contributed by atoms with Crippen molar-refractivity contribution in [2.45, 2.75) is 13.3 Å². The van der Waals surface area contributed by atoms with Gasteiger partial charge in [-0.2, -0.15) is 9.78 Å². The first-order chi connectivity index (χ1) is 14.8. The van der Waals surface area contributed by atoms with Crippen LogP contribution in [0, 0.1) is 0 Å². The highest BCUT2D eigenvalue weighted by Crippen LogP contribution is 2.19. The predicted octanol–water partition coefficient (Wildman–Crippen LogP) is 3.39. The van der Waals surface area contributed by atoms with Crippen molar-refractivity contribution in [3.8, 4) is 17.1 Å². The van der Waals surface area contributed by atoms with Gasteiger partial charge in [0.05, 0.1) is 30.4 Å². The largest absolute Gasteiger partial charge is 0.494 e. The van der Waals surface area contributed by atoms with Crippen molar-refractivity contribution in [1.82, 2.24) is 34.7 Å². The Morgan fingerprint density at radius 3 is 2.57 bits per heavy atom. The van der Waals surface area contributed by atoms with E-state index in [1.165, 1.54) is 0 Å². The summed E-state index contributed by atoms with van der Waals surface area (Å²) in [7, 11) is 0. The molecule has 0 unspecified atom stereocenters. The fourth-order valence-corrected chi connectivity index (χ4v) is 3.23. The number of hydrogen-bond donors (Lipinski definition) is 0. The van der Waals surface area contributed by atoms with Crippen LogP contribution in [0.1, 0.15) is 18.3 Å². The summed E-state index contributed by atoms with van der Waals surface area (Å²) in [5.74, 6) is 1.50. The van der Waals surface area contributed by atoms with E-state index in [9.17, 15) is 0 Å². The molecule has 5 aromatic rings. The molecule has 8 nitrogen and oxygen atoms in total. The van der Waals surface area contributed by atoms with Gasteiger partial charge in [-0.15, -0.1) is 5.10 Å². The highest BCUT2D eigenvalue weighted by molar-refractivity contribution is 5.70. The van der Waals surface area contributed by atoms with E-state index in [1.807, 2.05) is 78.6 Å². The molecule has 0 amide bonds. The zero-order valence-corrected chi connectivity index (χ0v) is 16.4. The Bertz CT molecular complexity index is 1280. The van der Waals surface area contributed by atoms with Crippen LogP contribution in [0.2, 0.25) is 0 Å². The van der Waals surface area contributed by atoms with Crippen molar-refractivity contribution >= 4 is 11.2 Å². The summed E-state index contributed by atoms with van der Waals surface area (Å²) < 4.78 is 9.07. The van der Waals surface area contributed by atoms with Gasteiger partial charge in [0.1, 0.15) is 11.6 Å². The van der Waals surface area contributed by atoms with Gasteiger partial charge in [-0.3, -0.25) is 0 Å². The zero-order chi connectivity index (χ0) is 20.3. The number of para-hydroxylation sites is 1. The van der Waals surface area contributed by atoms with Crippen LogP contribution >= 0.6 is 0 Å². The third kappa shape index (κ3) is 3.50. The smallest absolute Gasteiger partial charge is 0.187 e. The second kappa shape index (κ2) is 7.75. The van der Waals surface area contributed by atoms with Crippen molar-refractivity contribution < 1.29 is 4.74 Å². The molecular formula is C22H19N7O. The number of aromatic nitrogens is 7. The van der Waals surface area contributed by atoms with Crippen LogP contribution in [0.4, 0.5) is 0 Å². The lowest BCUT2D eigenvalue weighted by atomic mass is 10.2. The Morgan fingerprint density at radius 1 is 0.933 bits per heavy atom. The van der Waals surface area contributed by atoms with E-state index in [2.05, 4.69) is 20.4 Å². The van der Waals surface area contributed by atoms with Gasteiger partial charge < -0.3 is 4.74 Å². The fourth-order valence-electron chi connectivity index (χ4n) is 3.23. The first kappa shape index (κ1) is 18.0. The normalized spacial score (nSPS) is 11.1. The van der Waals surface area contributed by atoms with Crippen molar-refractivity contribution in [3.63, 3.8) is 0 Å². The van der Waals surface area contributed by atoms with Crippen molar-refractivity contribution in [2.75, 3.05) is 6.61 Å². The minimum Gasteiger partial charge on any atom is -0.494 e. The van der Waals surface area contributed by atoms with Gasteiger partial charge in [-0.25, -0.2) is 14.6 Å². The Hall–Kier alpha value is -4.07. The summed E-state index contributed by atoms with van der Waals surface area (Å²) >= 11 is 0. The monoisotopic (exact) mass is 397 g/mol. The molecule has 5 rings (SSSR count). The van der Waals surface area contributed by atoms with Crippen molar-refractivity contribution in [1.29, 1.82) is 0 Å². The molecule has 0 saturated carbocycles. The maximum atomic E-state index is 5.51. The number of rotatable bonds is 6. The van der Waals surface area contributed by atoms with Gasteiger partial charge in [0.15, 0.2) is 11.2 Å². The van der Waals surface area contributed by atoms with E-state index in [0.717, 1.165) is 22.7 Å². The molecule has 3 aromatic heterocycles. The molecule has 0 aliphatic carbocycles. The maximum absolute atomic E-state index is 5.51. The van der Waals surface area contributed by atoms with Crippen molar-refractivity contribution in [3.05, 3.63) is 84.6 Å². The van der Waals surface area contributed by atoms with E-state index in [4.69, 9.17) is 9.72 Å². The molecule has 0 fully saturated rings. The average molecular weight is 397 g/mol. The van der Waals surface area contributed by atoms with Crippen molar-refractivity contribution in [2.24, 2.45) is 0 Å². The molecule has 0 spiro atoms. The summed E-state index contributed by atoms with van der Waals surface area (Å²) in [6.07, 6.45) is 6.10. The second-order valence-corrected chi connectivity index (χ2v) is 6.73. The number of nitrogens with zero attached hydrogens (tertiary/aromatic N) is 7. The SMILES string of the molecule is CCOc1ccc(-n2nnc3cnc(Cc4cnn(-c5ccccc5)c4)nc32)cc1. The lowest BCUT2D eigenvalue weighted by Crippen LogP contribution is -2.01. The standard InChI is InChI=1S/C22H19N7O/c1-2-30-19-10-8-18(9-11-19)29-22-20(26-27-29)14-23-21(25-22)12-16-13-24-28(15-16)17-6-4-3-5-7-17/h3-11,13-15H,2,12H2,1H3. The molecule has 0 aliphatic heterocycles. The number of ether oxygens (including phenoxy) is 1. The number of benzene rings is 2. The lowest BCUT2D eigenvalue weighted by Gasteiger charge is -2.05. The molecule has 0 saturated heterocycles. The number of hydrogen-bond acceptors (Lipinski definition) is 6. The maximum Gasteiger partial charge on any atom is 0.187 e. The van der Waals surface area contributed by atoms with Crippen LogP contribution in [0.5, 0.6) is 5.75 Å². The summed E-state index contributed by atoms with van der Waals surface area (Å²) in [5, 5.41) is 12.9. The average Bonchev–Trinajstić information content (AvgIpc) is 3.42. The first-order valence-corrected chi connectivity index (χ1v) is 9.69. The molecule has 0 radical (unpaired) electrons.